The number of ether oxygens (including phenoxy) is 1. The first-order valence-electron chi connectivity index (χ1n) is 5.01. The number of nitriles is 1. The molecule has 2 rings (SSSR count). The molecule has 0 unspecified atom stereocenters. The monoisotopic (exact) mass is 228 g/mol. The van der Waals surface area contributed by atoms with Crippen LogP contribution in [0.25, 0.3) is 0 Å². The van der Waals surface area contributed by atoms with Crippen molar-refractivity contribution in [1.82, 2.24) is 4.98 Å². The van der Waals surface area contributed by atoms with E-state index in [9.17, 15) is 4.39 Å². The predicted molar refractivity (Wildman–Crippen MR) is 59.7 cm³/mol. The Kier molecular flexibility index (Phi) is 3.31. The van der Waals surface area contributed by atoms with Gasteiger partial charge in [-0.15, -0.1) is 0 Å². The van der Waals surface area contributed by atoms with Crippen LogP contribution in [0.3, 0.4) is 0 Å². The van der Waals surface area contributed by atoms with E-state index >= 15 is 0 Å². The van der Waals surface area contributed by atoms with Gasteiger partial charge in [0.25, 0.3) is 0 Å². The van der Waals surface area contributed by atoms with E-state index < -0.39 is 5.82 Å². The number of rotatable bonds is 3. The van der Waals surface area contributed by atoms with Crippen molar-refractivity contribution in [3.05, 3.63) is 59.7 Å². The molecule has 0 aliphatic heterocycles. The lowest BCUT2D eigenvalue weighted by molar-refractivity contribution is 0.298. The summed E-state index contributed by atoms with van der Waals surface area (Å²) in [6.45, 7) is 0.0764. The highest BCUT2D eigenvalue weighted by molar-refractivity contribution is 5.34. The summed E-state index contributed by atoms with van der Waals surface area (Å²) in [7, 11) is 0. The summed E-state index contributed by atoms with van der Waals surface area (Å²) in [5.41, 5.74) is 0.380. The van der Waals surface area contributed by atoms with Gasteiger partial charge in [-0.2, -0.15) is 5.26 Å². The maximum absolute atomic E-state index is 13.7. The molecular weight excluding hydrogens is 219 g/mol. The minimum atomic E-state index is -0.529. The van der Waals surface area contributed by atoms with Gasteiger partial charge in [0.15, 0.2) is 0 Å². The standard InChI is InChI=1S/C13H9FN2O/c14-13-10(7-15)3-1-4-11(13)9-17-12-5-2-6-16-8-12/h1-6,8H,9H2. The van der Waals surface area contributed by atoms with Crippen LogP contribution in [0.4, 0.5) is 4.39 Å². The van der Waals surface area contributed by atoms with Crippen molar-refractivity contribution in [1.29, 1.82) is 5.26 Å². The molecule has 0 aliphatic rings. The molecule has 17 heavy (non-hydrogen) atoms. The van der Waals surface area contributed by atoms with Crippen LogP contribution in [0, 0.1) is 17.1 Å². The van der Waals surface area contributed by atoms with Gasteiger partial charge in [-0.3, -0.25) is 4.98 Å². The van der Waals surface area contributed by atoms with Gasteiger partial charge in [0, 0.05) is 11.8 Å². The molecule has 3 nitrogen and oxygen atoms in total. The quantitative estimate of drug-likeness (QED) is 0.811. The van der Waals surface area contributed by atoms with Crippen LogP contribution >= 0.6 is 0 Å². The number of nitrogens with zero attached hydrogens (tertiary/aromatic N) is 2. The third-order valence-electron chi connectivity index (χ3n) is 2.23. The topological polar surface area (TPSA) is 45.9 Å². The smallest absolute Gasteiger partial charge is 0.147 e. The van der Waals surface area contributed by atoms with Crippen LogP contribution in [-0.4, -0.2) is 4.98 Å². The summed E-state index contributed by atoms with van der Waals surface area (Å²) in [5, 5.41) is 8.69. The SMILES string of the molecule is N#Cc1cccc(COc2cccnc2)c1F. The number of pyridine rings is 1. The van der Waals surface area contributed by atoms with E-state index in [4.69, 9.17) is 10.00 Å². The summed E-state index contributed by atoms with van der Waals surface area (Å²) in [6, 6.07) is 9.91. The molecule has 1 aromatic heterocycles. The van der Waals surface area contributed by atoms with E-state index in [0.717, 1.165) is 0 Å². The Morgan fingerprint density at radius 2 is 2.18 bits per heavy atom. The van der Waals surface area contributed by atoms with E-state index in [2.05, 4.69) is 4.98 Å². The lowest BCUT2D eigenvalue weighted by Gasteiger charge is -2.06. The number of hydrogen-bond donors (Lipinski definition) is 0. The second-order valence-electron chi connectivity index (χ2n) is 3.37. The average Bonchev–Trinajstić information content (AvgIpc) is 2.39. The van der Waals surface area contributed by atoms with Gasteiger partial charge < -0.3 is 4.74 Å². The lowest BCUT2D eigenvalue weighted by Crippen LogP contribution is -2.00. The summed E-state index contributed by atoms with van der Waals surface area (Å²) in [4.78, 5) is 3.88. The highest BCUT2D eigenvalue weighted by atomic mass is 19.1. The fraction of sp³-hybridized carbons (Fsp3) is 0.0769. The van der Waals surface area contributed by atoms with E-state index in [0.29, 0.717) is 11.3 Å². The Labute approximate surface area is 98.1 Å². The van der Waals surface area contributed by atoms with Gasteiger partial charge in [0.05, 0.1) is 11.8 Å². The van der Waals surface area contributed by atoms with Crippen molar-refractivity contribution in [2.24, 2.45) is 0 Å². The second kappa shape index (κ2) is 5.08. The van der Waals surface area contributed by atoms with Gasteiger partial charge in [-0.1, -0.05) is 12.1 Å². The van der Waals surface area contributed by atoms with E-state index in [1.807, 2.05) is 0 Å². The zero-order chi connectivity index (χ0) is 12.1. The first-order chi connectivity index (χ1) is 8.31. The zero-order valence-corrected chi connectivity index (χ0v) is 8.93. The number of aromatic nitrogens is 1. The fourth-order valence-electron chi connectivity index (χ4n) is 1.37. The van der Waals surface area contributed by atoms with Crippen molar-refractivity contribution in [3.63, 3.8) is 0 Å². The molecule has 0 fully saturated rings. The summed E-state index contributed by atoms with van der Waals surface area (Å²) >= 11 is 0. The van der Waals surface area contributed by atoms with Crippen LogP contribution < -0.4 is 4.74 Å². The van der Waals surface area contributed by atoms with Crippen LogP contribution in [0.15, 0.2) is 42.7 Å². The molecule has 0 atom stereocenters. The molecule has 0 spiro atoms. The molecule has 0 amide bonds. The largest absolute Gasteiger partial charge is 0.487 e. The summed E-state index contributed by atoms with van der Waals surface area (Å²) in [6.07, 6.45) is 3.18. The number of benzene rings is 1. The van der Waals surface area contributed by atoms with Crippen molar-refractivity contribution in [2.75, 3.05) is 0 Å². The lowest BCUT2D eigenvalue weighted by atomic mass is 10.1. The van der Waals surface area contributed by atoms with Crippen LogP contribution in [0.5, 0.6) is 5.75 Å². The third kappa shape index (κ3) is 2.58. The summed E-state index contributed by atoms with van der Waals surface area (Å²) in [5.74, 6) is 0.0353. The highest BCUT2D eigenvalue weighted by Gasteiger charge is 2.07. The Hall–Kier alpha value is -2.41. The first-order valence-corrected chi connectivity index (χ1v) is 5.01. The van der Waals surface area contributed by atoms with Crippen LogP contribution in [-0.2, 0) is 6.61 Å². The van der Waals surface area contributed by atoms with E-state index in [1.165, 1.54) is 6.07 Å². The van der Waals surface area contributed by atoms with Gasteiger partial charge in [0.2, 0.25) is 0 Å². The van der Waals surface area contributed by atoms with Gasteiger partial charge >= 0.3 is 0 Å². The Balaban J connectivity index is 2.13. The van der Waals surface area contributed by atoms with Gasteiger partial charge in [-0.25, -0.2) is 4.39 Å². The fourth-order valence-corrected chi connectivity index (χ4v) is 1.37. The minimum Gasteiger partial charge on any atom is -0.487 e. The van der Waals surface area contributed by atoms with Crippen LogP contribution in [0.2, 0.25) is 0 Å². The molecule has 2 aromatic rings. The maximum atomic E-state index is 13.7. The van der Waals surface area contributed by atoms with E-state index in [-0.39, 0.29) is 12.2 Å². The number of hydrogen-bond acceptors (Lipinski definition) is 3. The van der Waals surface area contributed by atoms with Crippen molar-refractivity contribution < 1.29 is 9.13 Å². The maximum Gasteiger partial charge on any atom is 0.147 e. The molecular formula is C13H9FN2O. The molecule has 1 aromatic carbocycles. The molecule has 0 aliphatic carbocycles. The van der Waals surface area contributed by atoms with Crippen molar-refractivity contribution in [2.45, 2.75) is 6.61 Å². The molecule has 0 saturated heterocycles. The van der Waals surface area contributed by atoms with E-state index in [1.54, 1.807) is 42.7 Å². The predicted octanol–water partition coefficient (Wildman–Crippen LogP) is 2.67. The molecule has 4 heteroatoms. The normalized spacial score (nSPS) is 9.65. The molecule has 0 bridgehead atoms. The van der Waals surface area contributed by atoms with Gasteiger partial charge in [-0.05, 0) is 18.2 Å². The van der Waals surface area contributed by atoms with Gasteiger partial charge in [0.1, 0.15) is 24.2 Å². The molecule has 84 valence electrons. The third-order valence-corrected chi connectivity index (χ3v) is 2.23. The minimum absolute atomic E-state index is 0.0253. The second-order valence-corrected chi connectivity index (χ2v) is 3.37. The Morgan fingerprint density at radius 1 is 1.29 bits per heavy atom. The zero-order valence-electron chi connectivity index (χ0n) is 8.93. The van der Waals surface area contributed by atoms with Crippen molar-refractivity contribution in [3.8, 4) is 11.8 Å². The Morgan fingerprint density at radius 3 is 2.88 bits per heavy atom. The Bertz CT molecular complexity index is 549. The van der Waals surface area contributed by atoms with Crippen LogP contribution in [0.1, 0.15) is 11.1 Å². The molecule has 0 saturated carbocycles. The highest BCUT2D eigenvalue weighted by Crippen LogP contribution is 2.15. The first kappa shape index (κ1) is 11.1. The molecule has 0 N–H and O–H groups in total. The van der Waals surface area contributed by atoms with Crippen molar-refractivity contribution >= 4 is 0 Å². The molecule has 0 radical (unpaired) electrons. The average molecular weight is 228 g/mol. The number of halogens is 1. The molecule has 1 heterocycles. The summed E-state index contributed by atoms with van der Waals surface area (Å²) < 4.78 is 19.0.